The van der Waals surface area contributed by atoms with Crippen LogP contribution in [0.5, 0.6) is 0 Å². The van der Waals surface area contributed by atoms with E-state index in [1.807, 2.05) is 17.7 Å². The minimum Gasteiger partial charge on any atom is -0.481 e. The Labute approximate surface area is 196 Å². The van der Waals surface area contributed by atoms with Gasteiger partial charge in [-0.1, -0.05) is 43.2 Å². The lowest BCUT2D eigenvalue weighted by molar-refractivity contribution is -0.137. The van der Waals surface area contributed by atoms with E-state index in [4.69, 9.17) is 16.7 Å². The number of carboxylic acid groups (broad SMARTS) is 1. The second kappa shape index (κ2) is 12.1. The van der Waals surface area contributed by atoms with Gasteiger partial charge in [0.1, 0.15) is 0 Å². The molecule has 0 saturated carbocycles. The number of carboxylic acids is 1. The fraction of sp³-hybridized carbons (Fsp3) is 0.440. The third-order valence-corrected chi connectivity index (χ3v) is 5.67. The molecule has 1 heterocycles. The quantitative estimate of drug-likeness (QED) is 0.196. The molecule has 0 bridgehead atoms. The number of hydrogen-bond donors (Lipinski definition) is 1. The zero-order chi connectivity index (χ0) is 24.6. The molecule has 2 aromatic rings. The van der Waals surface area contributed by atoms with Crippen molar-refractivity contribution in [1.29, 1.82) is 0 Å². The van der Waals surface area contributed by atoms with E-state index in [0.717, 1.165) is 41.9 Å². The Morgan fingerprint density at radius 1 is 1.15 bits per heavy atom. The zero-order valence-corrected chi connectivity index (χ0v) is 19.5. The number of aromatic nitrogens is 1. The molecular formula is C25H29ClF3NO3. The van der Waals surface area contributed by atoms with Crippen molar-refractivity contribution in [3.8, 4) is 0 Å². The van der Waals surface area contributed by atoms with E-state index in [9.17, 15) is 22.8 Å². The molecule has 1 N–H and O–H groups in total. The first-order valence-electron chi connectivity index (χ1n) is 10.9. The van der Waals surface area contributed by atoms with Gasteiger partial charge in [-0.05, 0) is 49.8 Å². The Bertz CT molecular complexity index is 1040. The van der Waals surface area contributed by atoms with Crippen LogP contribution in [0.15, 0.2) is 42.5 Å². The van der Waals surface area contributed by atoms with Gasteiger partial charge in [-0.15, -0.1) is 0 Å². The lowest BCUT2D eigenvalue weighted by Crippen LogP contribution is -2.12. The number of halogens is 4. The number of alkyl halides is 3. The molecule has 0 saturated heterocycles. The maximum absolute atomic E-state index is 13.2. The molecule has 2 rings (SSSR count). The normalized spacial score (nSPS) is 13.4. The highest BCUT2D eigenvalue weighted by molar-refractivity contribution is 6.31. The van der Waals surface area contributed by atoms with Crippen LogP contribution < -0.4 is 0 Å². The number of rotatable bonds is 12. The Hall–Kier alpha value is -2.54. The van der Waals surface area contributed by atoms with Crippen molar-refractivity contribution in [2.75, 3.05) is 0 Å². The second-order valence-corrected chi connectivity index (χ2v) is 8.74. The number of allylic oxidation sites excluding steroid dienone is 4. The summed E-state index contributed by atoms with van der Waals surface area (Å²) in [5, 5.41) is 10.3. The van der Waals surface area contributed by atoms with Gasteiger partial charge >= 0.3 is 12.1 Å². The molecule has 33 heavy (non-hydrogen) atoms. The lowest BCUT2D eigenvalue weighted by Gasteiger charge is -2.10. The van der Waals surface area contributed by atoms with Crippen molar-refractivity contribution in [2.24, 2.45) is 13.0 Å². The molecule has 0 fully saturated rings. The first-order chi connectivity index (χ1) is 15.5. The standard InChI is InChI=1S/C25H29ClF3NO3/c1-17(15-23(32)33)14-22(31)24-19-16-18(26)11-12-20(19)30(2)21(24)10-8-6-4-3-5-7-9-13-25(27,28)29/h5,7,9,11-13,16-17H,3-4,6,8,10,14-15H2,1-2H3,(H,32,33)/b7-5?,13-9-. The number of benzene rings is 1. The summed E-state index contributed by atoms with van der Waals surface area (Å²) in [7, 11) is 1.90. The van der Waals surface area contributed by atoms with Crippen LogP contribution in [0.4, 0.5) is 13.2 Å². The second-order valence-electron chi connectivity index (χ2n) is 8.30. The van der Waals surface area contributed by atoms with Crippen molar-refractivity contribution in [2.45, 2.75) is 58.0 Å². The summed E-state index contributed by atoms with van der Waals surface area (Å²) in [6, 6.07) is 5.42. The largest absolute Gasteiger partial charge is 0.481 e. The average molecular weight is 484 g/mol. The van der Waals surface area contributed by atoms with Gasteiger partial charge in [0.15, 0.2) is 5.78 Å². The number of aliphatic carboxylic acids is 1. The van der Waals surface area contributed by atoms with Crippen LogP contribution in [0.1, 0.15) is 61.5 Å². The summed E-state index contributed by atoms with van der Waals surface area (Å²) >= 11 is 6.18. The molecule has 1 unspecified atom stereocenters. The fourth-order valence-electron chi connectivity index (χ4n) is 3.93. The molecule has 0 aliphatic rings. The van der Waals surface area contributed by atoms with Gasteiger partial charge in [0.05, 0.1) is 0 Å². The van der Waals surface area contributed by atoms with Gasteiger partial charge in [0.2, 0.25) is 0 Å². The predicted molar refractivity (Wildman–Crippen MR) is 125 cm³/mol. The molecule has 0 radical (unpaired) electrons. The Morgan fingerprint density at radius 3 is 2.55 bits per heavy atom. The number of aryl methyl sites for hydroxylation is 1. The molecule has 0 amide bonds. The van der Waals surface area contributed by atoms with Crippen LogP contribution in [-0.2, 0) is 18.3 Å². The SMILES string of the molecule is CC(CC(=O)O)CC(=O)c1c(CCCCCC=C/C=C\C(F)(F)F)n(C)c2ccc(Cl)cc12. The minimum absolute atomic E-state index is 0.0712. The molecule has 0 aliphatic carbocycles. The van der Waals surface area contributed by atoms with Crippen LogP contribution >= 0.6 is 11.6 Å². The highest BCUT2D eigenvalue weighted by Crippen LogP contribution is 2.31. The zero-order valence-electron chi connectivity index (χ0n) is 18.8. The van der Waals surface area contributed by atoms with E-state index in [1.165, 1.54) is 6.08 Å². The van der Waals surface area contributed by atoms with Gasteiger partial charge in [-0.25, -0.2) is 0 Å². The maximum atomic E-state index is 13.2. The average Bonchev–Trinajstić information content (AvgIpc) is 2.96. The number of ketones is 1. The number of carbonyl (C=O) groups excluding carboxylic acids is 1. The third-order valence-electron chi connectivity index (χ3n) is 5.44. The summed E-state index contributed by atoms with van der Waals surface area (Å²) in [5.74, 6) is -1.30. The van der Waals surface area contributed by atoms with Gasteiger partial charge in [-0.3, -0.25) is 9.59 Å². The van der Waals surface area contributed by atoms with Gasteiger partial charge < -0.3 is 9.67 Å². The minimum atomic E-state index is -4.30. The van der Waals surface area contributed by atoms with Crippen LogP contribution in [0, 0.1) is 5.92 Å². The number of unbranched alkanes of at least 4 members (excludes halogenated alkanes) is 3. The van der Waals surface area contributed by atoms with E-state index in [1.54, 1.807) is 25.1 Å². The molecule has 1 atom stereocenters. The molecule has 0 spiro atoms. The molecule has 180 valence electrons. The third kappa shape index (κ3) is 8.39. The Morgan fingerprint density at radius 2 is 1.88 bits per heavy atom. The summed E-state index contributed by atoms with van der Waals surface area (Å²) in [5.41, 5.74) is 2.39. The number of carbonyl (C=O) groups is 2. The van der Waals surface area contributed by atoms with Crippen LogP contribution in [0.3, 0.4) is 0 Å². The Kier molecular flexibility index (Phi) is 9.77. The number of nitrogens with zero attached hydrogens (tertiary/aromatic N) is 1. The topological polar surface area (TPSA) is 59.3 Å². The highest BCUT2D eigenvalue weighted by atomic mass is 35.5. The summed E-state index contributed by atoms with van der Waals surface area (Å²) in [6.07, 6.45) is 3.90. The maximum Gasteiger partial charge on any atom is 0.409 e. The van der Waals surface area contributed by atoms with E-state index in [0.29, 0.717) is 23.4 Å². The van der Waals surface area contributed by atoms with Crippen LogP contribution in [0.25, 0.3) is 10.9 Å². The first kappa shape index (κ1) is 26.7. The van der Waals surface area contributed by atoms with Crippen molar-refractivity contribution < 1.29 is 27.9 Å². The monoisotopic (exact) mass is 483 g/mol. The smallest absolute Gasteiger partial charge is 0.409 e. The summed E-state index contributed by atoms with van der Waals surface area (Å²) in [4.78, 5) is 24.2. The van der Waals surface area contributed by atoms with Crippen LogP contribution in [-0.4, -0.2) is 27.6 Å². The van der Waals surface area contributed by atoms with Gasteiger partial charge in [0, 0.05) is 53.1 Å². The molecule has 1 aromatic heterocycles. The van der Waals surface area contributed by atoms with E-state index in [2.05, 4.69) is 0 Å². The molecule has 4 nitrogen and oxygen atoms in total. The number of hydrogen-bond acceptors (Lipinski definition) is 2. The van der Waals surface area contributed by atoms with Crippen molar-refractivity contribution in [3.05, 3.63) is 58.8 Å². The molecular weight excluding hydrogens is 455 g/mol. The molecule has 8 heteroatoms. The fourth-order valence-corrected chi connectivity index (χ4v) is 4.11. The van der Waals surface area contributed by atoms with Crippen LogP contribution in [0.2, 0.25) is 5.02 Å². The van der Waals surface area contributed by atoms with Crippen molar-refractivity contribution >= 4 is 34.3 Å². The predicted octanol–water partition coefficient (Wildman–Crippen LogP) is 7.29. The summed E-state index contributed by atoms with van der Waals surface area (Å²) < 4.78 is 38.2. The van der Waals surface area contributed by atoms with E-state index < -0.39 is 12.1 Å². The first-order valence-corrected chi connectivity index (χ1v) is 11.3. The van der Waals surface area contributed by atoms with Gasteiger partial charge in [0.25, 0.3) is 0 Å². The summed E-state index contributed by atoms with van der Waals surface area (Å²) in [6.45, 7) is 1.75. The number of Topliss-reactive ketones (excluding diaryl/α,β-unsaturated/α-hetero) is 1. The lowest BCUT2D eigenvalue weighted by atomic mass is 9.94. The molecule has 1 aromatic carbocycles. The van der Waals surface area contributed by atoms with Crippen molar-refractivity contribution in [3.63, 3.8) is 0 Å². The van der Waals surface area contributed by atoms with E-state index >= 15 is 0 Å². The molecule has 0 aliphatic heterocycles. The highest BCUT2D eigenvalue weighted by Gasteiger charge is 2.23. The van der Waals surface area contributed by atoms with E-state index in [-0.39, 0.29) is 30.6 Å². The van der Waals surface area contributed by atoms with Gasteiger partial charge in [-0.2, -0.15) is 13.2 Å². The van der Waals surface area contributed by atoms with Crippen molar-refractivity contribution in [1.82, 2.24) is 4.57 Å². The number of fused-ring (bicyclic) bond motifs is 1. The Balaban J connectivity index is 2.07.